The molecule has 0 saturated heterocycles. The van der Waals surface area contributed by atoms with E-state index < -0.39 is 5.60 Å². The second kappa shape index (κ2) is 10.3. The van der Waals surface area contributed by atoms with E-state index in [2.05, 4.69) is 48.5 Å². The normalized spacial score (nSPS) is 15.5. The zero-order valence-electron chi connectivity index (χ0n) is 23.9. The van der Waals surface area contributed by atoms with Gasteiger partial charge in [-0.15, -0.1) is 0 Å². The molecule has 208 valence electrons. The van der Waals surface area contributed by atoms with Crippen molar-refractivity contribution in [2.45, 2.75) is 5.60 Å². The van der Waals surface area contributed by atoms with Crippen LogP contribution in [0.25, 0.3) is 44.2 Å². The van der Waals surface area contributed by atoms with Gasteiger partial charge in [0.05, 0.1) is 0 Å². The minimum Gasteiger partial charge on any atom is -0.376 e. The highest BCUT2D eigenvalue weighted by molar-refractivity contribution is 6.15. The van der Waals surface area contributed by atoms with Crippen LogP contribution in [0.4, 0.5) is 0 Å². The Balaban J connectivity index is 1.56. The van der Waals surface area contributed by atoms with Gasteiger partial charge >= 0.3 is 0 Å². The van der Waals surface area contributed by atoms with E-state index in [9.17, 15) is 9.90 Å². The van der Waals surface area contributed by atoms with Gasteiger partial charge < -0.3 is 5.11 Å². The molecule has 0 heterocycles. The standard InChI is InChI=1S/C42H28O2/c43-41-34-22-12-13-23-38(34)42(44,39-27-32-21-11-10-20-31(32)24-37(39)41)40-35(29-16-6-2-7-17-29)25-33(28-14-4-1-5-15-28)26-36(40)30-18-8-3-9-19-30/h1-27,44H. The summed E-state index contributed by atoms with van der Waals surface area (Å²) in [6.07, 6.45) is 0. The Hall–Kier alpha value is -5.57. The molecule has 0 saturated carbocycles. The number of rotatable bonds is 4. The average Bonchev–Trinajstić information content (AvgIpc) is 3.10. The van der Waals surface area contributed by atoms with E-state index in [1.54, 1.807) is 0 Å². The highest BCUT2D eigenvalue weighted by Crippen LogP contribution is 2.52. The van der Waals surface area contributed by atoms with Gasteiger partial charge in [0.15, 0.2) is 5.78 Å². The van der Waals surface area contributed by atoms with Gasteiger partial charge in [-0.1, -0.05) is 140 Å². The van der Waals surface area contributed by atoms with E-state index in [1.807, 2.05) is 115 Å². The zero-order valence-corrected chi connectivity index (χ0v) is 23.9. The van der Waals surface area contributed by atoms with E-state index in [0.717, 1.165) is 49.7 Å². The molecule has 1 unspecified atom stereocenters. The third kappa shape index (κ3) is 4.04. The molecule has 44 heavy (non-hydrogen) atoms. The van der Waals surface area contributed by atoms with Crippen LogP contribution < -0.4 is 0 Å². The van der Waals surface area contributed by atoms with E-state index in [-0.39, 0.29) is 5.78 Å². The summed E-state index contributed by atoms with van der Waals surface area (Å²) in [5.41, 5.74) is 7.30. The molecule has 0 aliphatic heterocycles. The Morgan fingerprint density at radius 3 is 1.45 bits per heavy atom. The SMILES string of the molecule is O=C1c2ccccc2C(O)(c2c(-c3ccccc3)cc(-c3ccccc3)cc2-c2ccccc2)c2cc3ccccc3cc21. The summed E-state index contributed by atoms with van der Waals surface area (Å²) in [5, 5.41) is 15.6. The van der Waals surface area contributed by atoms with E-state index in [4.69, 9.17) is 0 Å². The lowest BCUT2D eigenvalue weighted by Crippen LogP contribution is -2.37. The molecular weight excluding hydrogens is 536 g/mol. The lowest BCUT2D eigenvalue weighted by molar-refractivity contribution is 0.0953. The molecule has 0 radical (unpaired) electrons. The fraction of sp³-hybridized carbons (Fsp3) is 0.0238. The van der Waals surface area contributed by atoms with Crippen molar-refractivity contribution in [3.8, 4) is 33.4 Å². The topological polar surface area (TPSA) is 37.3 Å². The van der Waals surface area contributed by atoms with Crippen molar-refractivity contribution in [3.05, 3.63) is 192 Å². The molecule has 7 aromatic carbocycles. The van der Waals surface area contributed by atoms with E-state index in [0.29, 0.717) is 22.3 Å². The van der Waals surface area contributed by atoms with Gasteiger partial charge in [0.1, 0.15) is 5.60 Å². The van der Waals surface area contributed by atoms with Crippen molar-refractivity contribution in [2.75, 3.05) is 0 Å². The summed E-state index contributed by atoms with van der Waals surface area (Å²) < 4.78 is 0. The van der Waals surface area contributed by atoms with Gasteiger partial charge in [0.2, 0.25) is 0 Å². The third-order valence-corrected chi connectivity index (χ3v) is 8.86. The van der Waals surface area contributed by atoms with Crippen LogP contribution in [-0.2, 0) is 5.60 Å². The molecule has 0 spiro atoms. The molecule has 0 fully saturated rings. The lowest BCUT2D eigenvalue weighted by atomic mass is 9.67. The number of carbonyl (C=O) groups is 1. The zero-order chi connectivity index (χ0) is 29.7. The molecule has 2 nitrogen and oxygen atoms in total. The number of benzene rings is 7. The predicted octanol–water partition coefficient (Wildman–Crippen LogP) is 9.67. The first-order valence-corrected chi connectivity index (χ1v) is 14.9. The van der Waals surface area contributed by atoms with Gasteiger partial charge in [0, 0.05) is 27.8 Å². The van der Waals surface area contributed by atoms with Gasteiger partial charge in [-0.3, -0.25) is 4.79 Å². The third-order valence-electron chi connectivity index (χ3n) is 8.86. The van der Waals surface area contributed by atoms with Crippen LogP contribution in [0.1, 0.15) is 32.6 Å². The van der Waals surface area contributed by atoms with E-state index in [1.165, 1.54) is 0 Å². The molecule has 2 heteroatoms. The quantitative estimate of drug-likeness (QED) is 0.231. The molecular formula is C42H28O2. The molecule has 0 amide bonds. The van der Waals surface area contributed by atoms with Crippen molar-refractivity contribution < 1.29 is 9.90 Å². The summed E-state index contributed by atoms with van der Waals surface area (Å²) in [4.78, 5) is 14.1. The molecule has 1 aliphatic rings. The van der Waals surface area contributed by atoms with Crippen LogP contribution in [0.3, 0.4) is 0 Å². The fourth-order valence-corrected chi connectivity index (χ4v) is 6.80. The number of fused-ring (bicyclic) bond motifs is 3. The second-order valence-corrected chi connectivity index (χ2v) is 11.4. The Bertz CT molecular complexity index is 2120. The van der Waals surface area contributed by atoms with E-state index >= 15 is 0 Å². The van der Waals surface area contributed by atoms with Crippen molar-refractivity contribution in [2.24, 2.45) is 0 Å². The van der Waals surface area contributed by atoms with Gasteiger partial charge in [-0.2, -0.15) is 0 Å². The number of ketones is 1. The van der Waals surface area contributed by atoms with Crippen LogP contribution in [0.2, 0.25) is 0 Å². The average molecular weight is 565 g/mol. The Morgan fingerprint density at radius 2 is 0.864 bits per heavy atom. The second-order valence-electron chi connectivity index (χ2n) is 11.4. The Labute approximate surface area is 256 Å². The van der Waals surface area contributed by atoms with Gasteiger partial charge in [0.25, 0.3) is 0 Å². The largest absolute Gasteiger partial charge is 0.376 e. The molecule has 1 N–H and O–H groups in total. The fourth-order valence-electron chi connectivity index (χ4n) is 6.80. The first kappa shape index (κ1) is 26.1. The maximum absolute atomic E-state index is 14.1. The molecule has 1 atom stereocenters. The van der Waals surface area contributed by atoms with Gasteiger partial charge in [-0.05, 0) is 68.4 Å². The molecule has 8 rings (SSSR count). The van der Waals surface area contributed by atoms with Gasteiger partial charge in [-0.25, -0.2) is 0 Å². The maximum Gasteiger partial charge on any atom is 0.193 e. The highest BCUT2D eigenvalue weighted by atomic mass is 16.3. The Kier molecular flexibility index (Phi) is 6.11. The number of hydrogen-bond acceptors (Lipinski definition) is 2. The molecule has 1 aliphatic carbocycles. The van der Waals surface area contributed by atoms with Crippen LogP contribution >= 0.6 is 0 Å². The summed E-state index contributed by atoms with van der Waals surface area (Å²) >= 11 is 0. The smallest absolute Gasteiger partial charge is 0.193 e. The summed E-state index contributed by atoms with van der Waals surface area (Å²) in [6, 6.07) is 54.7. The predicted molar refractivity (Wildman–Crippen MR) is 179 cm³/mol. The maximum atomic E-state index is 14.1. The molecule has 7 aromatic rings. The number of hydrogen-bond donors (Lipinski definition) is 1. The summed E-state index contributed by atoms with van der Waals surface area (Å²) in [7, 11) is 0. The van der Waals surface area contributed by atoms with Crippen molar-refractivity contribution in [1.29, 1.82) is 0 Å². The number of carbonyl (C=O) groups excluding carboxylic acids is 1. The van der Waals surface area contributed by atoms with Crippen LogP contribution in [-0.4, -0.2) is 10.9 Å². The Morgan fingerprint density at radius 1 is 0.386 bits per heavy atom. The first-order chi connectivity index (χ1) is 21.6. The first-order valence-electron chi connectivity index (χ1n) is 14.9. The van der Waals surface area contributed by atoms with Crippen molar-refractivity contribution >= 4 is 16.6 Å². The lowest BCUT2D eigenvalue weighted by Gasteiger charge is -2.39. The van der Waals surface area contributed by atoms with Crippen molar-refractivity contribution in [3.63, 3.8) is 0 Å². The monoisotopic (exact) mass is 564 g/mol. The van der Waals surface area contributed by atoms with Crippen LogP contribution in [0.5, 0.6) is 0 Å². The molecule has 0 aromatic heterocycles. The molecule has 0 bridgehead atoms. The minimum absolute atomic E-state index is 0.0746. The highest BCUT2D eigenvalue weighted by Gasteiger charge is 2.46. The van der Waals surface area contributed by atoms with Crippen LogP contribution in [0.15, 0.2) is 164 Å². The summed E-state index contributed by atoms with van der Waals surface area (Å²) in [5.74, 6) is -0.0746. The van der Waals surface area contributed by atoms with Crippen molar-refractivity contribution in [1.82, 2.24) is 0 Å². The summed E-state index contributed by atoms with van der Waals surface area (Å²) in [6.45, 7) is 0. The number of aliphatic hydroxyl groups is 1. The minimum atomic E-state index is -1.63. The van der Waals surface area contributed by atoms with Crippen LogP contribution in [0, 0.1) is 0 Å².